The van der Waals surface area contributed by atoms with Crippen molar-refractivity contribution in [2.45, 2.75) is 26.7 Å². The molecule has 0 fully saturated rings. The summed E-state index contributed by atoms with van der Waals surface area (Å²) in [5, 5.41) is 11.4. The predicted molar refractivity (Wildman–Crippen MR) is 106 cm³/mol. The Labute approximate surface area is 166 Å². The van der Waals surface area contributed by atoms with Crippen molar-refractivity contribution >= 4 is 46.0 Å². The summed E-state index contributed by atoms with van der Waals surface area (Å²) in [5.74, 6) is -0.239. The lowest BCUT2D eigenvalue weighted by Gasteiger charge is -2.28. The van der Waals surface area contributed by atoms with Crippen LogP contribution < -0.4 is 0 Å². The molecule has 2 heterocycles. The summed E-state index contributed by atoms with van der Waals surface area (Å²) in [5.41, 5.74) is 6.61. The number of hydrogen-bond acceptors (Lipinski definition) is 4. The summed E-state index contributed by atoms with van der Waals surface area (Å²) in [6.45, 7) is 4.66. The van der Waals surface area contributed by atoms with Gasteiger partial charge >= 0.3 is 0 Å². The largest absolute Gasteiger partial charge is 0.387 e. The number of thiazole rings is 1. The molecule has 2 aromatic rings. The molecule has 1 aromatic carbocycles. The highest BCUT2D eigenvalue weighted by Gasteiger charge is 2.33. The Balaban J connectivity index is 1.89. The lowest BCUT2D eigenvalue weighted by atomic mass is 9.95. The van der Waals surface area contributed by atoms with Crippen LogP contribution in [0, 0.1) is 13.8 Å². The smallest absolute Gasteiger partial charge is 0.248 e. The molecule has 4 nitrogen and oxygen atoms in total. The maximum absolute atomic E-state index is 12.0. The van der Waals surface area contributed by atoms with E-state index < -0.39 is 6.61 Å². The quantitative estimate of drug-likeness (QED) is 0.806. The van der Waals surface area contributed by atoms with Gasteiger partial charge in [-0.1, -0.05) is 28.8 Å². The normalized spacial score (nSPS) is 16.1. The Morgan fingerprint density at radius 1 is 1.38 bits per heavy atom. The number of nitrogens with zero attached hydrogens (tertiary/aromatic N) is 2. The number of rotatable bonds is 2. The van der Waals surface area contributed by atoms with Crippen LogP contribution in [0.25, 0.3) is 16.0 Å². The van der Waals surface area contributed by atoms with E-state index in [0.29, 0.717) is 23.1 Å². The predicted octanol–water partition coefficient (Wildman–Crippen LogP) is 4.27. The van der Waals surface area contributed by atoms with E-state index in [1.165, 1.54) is 5.57 Å². The van der Waals surface area contributed by atoms with Crippen LogP contribution in [0.5, 0.6) is 0 Å². The highest BCUT2D eigenvalue weighted by molar-refractivity contribution is 7.15. The van der Waals surface area contributed by atoms with Crippen molar-refractivity contribution in [2.24, 2.45) is 0 Å². The van der Waals surface area contributed by atoms with Crippen LogP contribution >= 0.6 is 34.5 Å². The highest BCUT2D eigenvalue weighted by atomic mass is 35.5. The van der Waals surface area contributed by atoms with E-state index in [1.54, 1.807) is 16.2 Å². The Bertz CT molecular complexity index is 965. The summed E-state index contributed by atoms with van der Waals surface area (Å²) in [4.78, 5) is 19.4. The molecule has 0 radical (unpaired) electrons. The molecule has 0 spiro atoms. The van der Waals surface area contributed by atoms with Gasteiger partial charge in [-0.2, -0.15) is 0 Å². The first-order valence-corrected chi connectivity index (χ1v) is 10.0. The number of aryl methyl sites for hydroxylation is 2. The van der Waals surface area contributed by atoms with Crippen LogP contribution in [0.15, 0.2) is 11.6 Å². The van der Waals surface area contributed by atoms with E-state index >= 15 is 0 Å². The van der Waals surface area contributed by atoms with Gasteiger partial charge in [0.25, 0.3) is 0 Å². The van der Waals surface area contributed by atoms with Gasteiger partial charge < -0.3 is 10.0 Å². The third-order valence-electron chi connectivity index (χ3n) is 5.10. The van der Waals surface area contributed by atoms with Gasteiger partial charge in [-0.05, 0) is 49.5 Å². The number of carbonyl (C=O) groups excluding carboxylic acids is 1. The Morgan fingerprint density at radius 3 is 2.81 bits per heavy atom. The lowest BCUT2D eigenvalue weighted by molar-refractivity contribution is -0.133. The number of aliphatic hydroxyl groups is 1. The molecule has 0 bridgehead atoms. The zero-order chi connectivity index (χ0) is 18.6. The molecule has 136 valence electrons. The van der Waals surface area contributed by atoms with E-state index in [9.17, 15) is 9.90 Å². The van der Waals surface area contributed by atoms with Gasteiger partial charge in [0, 0.05) is 18.7 Å². The number of aliphatic hydroxyl groups excluding tert-OH is 1. The third kappa shape index (κ3) is 2.78. The second-order valence-corrected chi connectivity index (χ2v) is 8.69. The van der Waals surface area contributed by atoms with Gasteiger partial charge in [0.05, 0.1) is 25.6 Å². The minimum absolute atomic E-state index is 0.239. The second-order valence-electron chi connectivity index (χ2n) is 6.70. The summed E-state index contributed by atoms with van der Waals surface area (Å²) >= 11 is 14.6. The monoisotopic (exact) mass is 408 g/mol. The van der Waals surface area contributed by atoms with E-state index in [1.807, 2.05) is 19.9 Å². The van der Waals surface area contributed by atoms with E-state index in [-0.39, 0.29) is 5.91 Å². The molecule has 26 heavy (non-hydrogen) atoms. The average molecular weight is 409 g/mol. The van der Waals surface area contributed by atoms with Crippen molar-refractivity contribution in [1.82, 2.24) is 9.88 Å². The molecule has 0 saturated carbocycles. The number of halogens is 2. The minimum Gasteiger partial charge on any atom is -0.387 e. The molecule has 1 N–H and O–H groups in total. The van der Waals surface area contributed by atoms with Gasteiger partial charge in [-0.15, -0.1) is 11.3 Å². The van der Waals surface area contributed by atoms with Crippen LogP contribution in [-0.2, 0) is 11.2 Å². The van der Waals surface area contributed by atoms with E-state index in [4.69, 9.17) is 23.2 Å². The third-order valence-corrected chi connectivity index (χ3v) is 7.04. The molecule has 1 amide bonds. The minimum atomic E-state index is -0.461. The van der Waals surface area contributed by atoms with Crippen LogP contribution in [0.2, 0.25) is 10.0 Å². The molecule has 7 heteroatoms. The SMILES string of the molecule is Cc1nc(C)c(-c2cc(Cl)c(Cl)c3c2C2=C(CCN(C(=O)CO)C2)C3)s1. The van der Waals surface area contributed by atoms with Crippen molar-refractivity contribution in [1.29, 1.82) is 0 Å². The summed E-state index contributed by atoms with van der Waals surface area (Å²) in [6.07, 6.45) is 1.57. The molecule has 0 atom stereocenters. The maximum atomic E-state index is 12.0. The number of fused-ring (bicyclic) bond motifs is 2. The molecule has 0 unspecified atom stereocenters. The maximum Gasteiger partial charge on any atom is 0.248 e. The van der Waals surface area contributed by atoms with Gasteiger partial charge in [0.15, 0.2) is 0 Å². The molecule has 0 saturated heterocycles. The molecule has 4 rings (SSSR count). The first-order chi connectivity index (χ1) is 12.4. The Kier molecular flexibility index (Phi) is 4.59. The summed E-state index contributed by atoms with van der Waals surface area (Å²) in [7, 11) is 0. The van der Waals surface area contributed by atoms with E-state index in [0.717, 1.165) is 50.7 Å². The standard InChI is InChI=1S/C19H18Cl2N2O2S/c1-9-19(26-10(2)22-9)13-6-15(20)18(21)12-5-11-3-4-23(16(25)8-24)7-14(11)17(12)13/h6,24H,3-5,7-8H2,1-2H3. The Hall–Kier alpha value is -1.40. The van der Waals surface area contributed by atoms with Gasteiger partial charge in [0.2, 0.25) is 5.91 Å². The number of benzene rings is 1. The van der Waals surface area contributed by atoms with Crippen molar-refractivity contribution < 1.29 is 9.90 Å². The molecule has 1 aliphatic carbocycles. The molecular formula is C19H18Cl2N2O2S. The zero-order valence-electron chi connectivity index (χ0n) is 14.5. The first kappa shape index (κ1) is 18.0. The fraction of sp³-hybridized carbons (Fsp3) is 0.368. The van der Waals surface area contributed by atoms with Gasteiger partial charge in [-0.3, -0.25) is 4.79 Å². The average Bonchev–Trinajstić information content (AvgIpc) is 3.16. The van der Waals surface area contributed by atoms with Gasteiger partial charge in [0.1, 0.15) is 6.61 Å². The molecule has 1 aromatic heterocycles. The zero-order valence-corrected chi connectivity index (χ0v) is 16.9. The van der Waals surface area contributed by atoms with Crippen molar-refractivity contribution in [2.75, 3.05) is 19.7 Å². The summed E-state index contributed by atoms with van der Waals surface area (Å²) in [6, 6.07) is 1.92. The molecule has 1 aliphatic heterocycles. The number of carbonyl (C=O) groups is 1. The van der Waals surface area contributed by atoms with Crippen LogP contribution in [-0.4, -0.2) is 40.6 Å². The Morgan fingerprint density at radius 2 is 2.15 bits per heavy atom. The number of aromatic nitrogens is 1. The van der Waals surface area contributed by atoms with Crippen LogP contribution in [0.3, 0.4) is 0 Å². The summed E-state index contributed by atoms with van der Waals surface area (Å²) < 4.78 is 0. The number of amides is 1. The molecular weight excluding hydrogens is 391 g/mol. The van der Waals surface area contributed by atoms with E-state index in [2.05, 4.69) is 4.98 Å². The number of hydrogen-bond donors (Lipinski definition) is 1. The van der Waals surface area contributed by atoms with Crippen molar-refractivity contribution in [3.8, 4) is 10.4 Å². The fourth-order valence-electron chi connectivity index (χ4n) is 3.93. The van der Waals surface area contributed by atoms with Crippen LogP contribution in [0.1, 0.15) is 28.2 Å². The highest BCUT2D eigenvalue weighted by Crippen LogP contribution is 2.49. The van der Waals surface area contributed by atoms with Crippen molar-refractivity contribution in [3.63, 3.8) is 0 Å². The van der Waals surface area contributed by atoms with Crippen molar-refractivity contribution in [3.05, 3.63) is 43.5 Å². The molecule has 2 aliphatic rings. The first-order valence-electron chi connectivity index (χ1n) is 8.45. The van der Waals surface area contributed by atoms with Gasteiger partial charge in [-0.25, -0.2) is 4.98 Å². The topological polar surface area (TPSA) is 53.4 Å². The lowest BCUT2D eigenvalue weighted by Crippen LogP contribution is -2.37. The van der Waals surface area contributed by atoms with Crippen LogP contribution in [0.4, 0.5) is 0 Å². The second kappa shape index (κ2) is 6.64. The fourth-order valence-corrected chi connectivity index (χ4v) is 5.31.